The van der Waals surface area contributed by atoms with E-state index in [1.54, 1.807) is 0 Å². The minimum atomic E-state index is 0.0928. The van der Waals surface area contributed by atoms with Crippen LogP contribution >= 0.6 is 0 Å². The summed E-state index contributed by atoms with van der Waals surface area (Å²) in [5.74, 6) is 0.918. The number of hydrogen-bond donors (Lipinski definition) is 1. The molecule has 1 aromatic carbocycles. The van der Waals surface area contributed by atoms with Crippen molar-refractivity contribution >= 4 is 5.69 Å². The topological polar surface area (TPSA) is 21.3 Å². The van der Waals surface area contributed by atoms with E-state index in [4.69, 9.17) is 4.74 Å². The van der Waals surface area contributed by atoms with E-state index in [-0.39, 0.29) is 6.10 Å². The van der Waals surface area contributed by atoms with Crippen molar-refractivity contribution in [2.75, 3.05) is 11.9 Å². The van der Waals surface area contributed by atoms with Gasteiger partial charge in [-0.25, -0.2) is 0 Å². The highest BCUT2D eigenvalue weighted by Crippen LogP contribution is 2.29. The van der Waals surface area contributed by atoms with Crippen molar-refractivity contribution in [2.45, 2.75) is 13.0 Å². The summed E-state index contributed by atoms with van der Waals surface area (Å²) in [6.07, 6.45) is 1.91. The van der Waals surface area contributed by atoms with Gasteiger partial charge in [-0.3, -0.25) is 0 Å². The fourth-order valence-electron chi connectivity index (χ4n) is 1.43. The predicted molar refractivity (Wildman–Crippen MR) is 54.3 cm³/mol. The van der Waals surface area contributed by atoms with Crippen molar-refractivity contribution < 1.29 is 4.74 Å². The van der Waals surface area contributed by atoms with Crippen LogP contribution in [0.1, 0.15) is 5.56 Å². The molecule has 1 aliphatic rings. The van der Waals surface area contributed by atoms with Crippen LogP contribution in [0.5, 0.6) is 5.75 Å². The molecule has 2 nitrogen and oxygen atoms in total. The molecule has 0 saturated carbocycles. The number of anilines is 1. The summed E-state index contributed by atoms with van der Waals surface area (Å²) in [4.78, 5) is 0. The van der Waals surface area contributed by atoms with Gasteiger partial charge in [-0.1, -0.05) is 12.6 Å². The Morgan fingerprint density at radius 2 is 2.46 bits per heavy atom. The lowest BCUT2D eigenvalue weighted by Crippen LogP contribution is -2.28. The van der Waals surface area contributed by atoms with Gasteiger partial charge in [0.25, 0.3) is 0 Å². The van der Waals surface area contributed by atoms with E-state index in [1.807, 2.05) is 18.2 Å². The summed E-state index contributed by atoms with van der Waals surface area (Å²) >= 11 is 0. The quantitative estimate of drug-likeness (QED) is 0.661. The van der Waals surface area contributed by atoms with E-state index in [2.05, 4.69) is 24.9 Å². The van der Waals surface area contributed by atoms with Crippen LogP contribution < -0.4 is 10.1 Å². The van der Waals surface area contributed by atoms with Crippen LogP contribution in [0.3, 0.4) is 0 Å². The maximum atomic E-state index is 5.66. The molecule has 0 saturated heterocycles. The molecule has 0 fully saturated rings. The fourth-order valence-corrected chi connectivity index (χ4v) is 1.43. The molecule has 0 radical (unpaired) electrons. The van der Waals surface area contributed by atoms with Crippen molar-refractivity contribution in [3.05, 3.63) is 36.4 Å². The largest absolute Gasteiger partial charge is 0.482 e. The van der Waals surface area contributed by atoms with E-state index in [1.165, 1.54) is 5.56 Å². The zero-order valence-corrected chi connectivity index (χ0v) is 7.71. The van der Waals surface area contributed by atoms with Crippen LogP contribution in [0.25, 0.3) is 0 Å². The first-order chi connectivity index (χ1) is 6.29. The molecule has 0 aliphatic carbocycles. The van der Waals surface area contributed by atoms with Gasteiger partial charge in [-0.15, -0.1) is 0 Å². The van der Waals surface area contributed by atoms with Gasteiger partial charge < -0.3 is 10.1 Å². The third kappa shape index (κ3) is 1.52. The molecular weight excluding hydrogens is 162 g/mol. The van der Waals surface area contributed by atoms with E-state index < -0.39 is 0 Å². The Labute approximate surface area is 78.2 Å². The number of nitrogens with one attached hydrogen (secondary N) is 1. The number of ether oxygens (including phenoxy) is 1. The van der Waals surface area contributed by atoms with Crippen LogP contribution in [0.4, 0.5) is 5.69 Å². The molecule has 2 rings (SSSR count). The minimum absolute atomic E-state index is 0.0928. The molecule has 13 heavy (non-hydrogen) atoms. The summed E-state index contributed by atoms with van der Waals surface area (Å²) in [7, 11) is 0. The van der Waals surface area contributed by atoms with E-state index in [9.17, 15) is 0 Å². The van der Waals surface area contributed by atoms with Gasteiger partial charge in [0.05, 0.1) is 12.2 Å². The summed E-state index contributed by atoms with van der Waals surface area (Å²) in [5.41, 5.74) is 2.32. The second-order valence-electron chi connectivity index (χ2n) is 3.27. The van der Waals surface area contributed by atoms with Crippen LogP contribution in [0.2, 0.25) is 0 Å². The van der Waals surface area contributed by atoms with Crippen LogP contribution in [-0.2, 0) is 0 Å². The van der Waals surface area contributed by atoms with Gasteiger partial charge in [0.1, 0.15) is 11.9 Å². The Morgan fingerprint density at radius 3 is 3.23 bits per heavy atom. The van der Waals surface area contributed by atoms with Gasteiger partial charge in [-0.05, 0) is 30.7 Å². The first-order valence-electron chi connectivity index (χ1n) is 4.43. The molecule has 0 amide bonds. The average Bonchev–Trinajstić information content (AvgIpc) is 2.17. The first kappa shape index (κ1) is 8.17. The number of fused-ring (bicyclic) bond motifs is 1. The van der Waals surface area contributed by atoms with E-state index in [0.717, 1.165) is 18.0 Å². The minimum Gasteiger partial charge on any atom is -0.482 e. The number of hydrogen-bond acceptors (Lipinski definition) is 2. The van der Waals surface area contributed by atoms with Gasteiger partial charge in [0.15, 0.2) is 0 Å². The average molecular weight is 175 g/mol. The zero-order chi connectivity index (χ0) is 9.26. The summed E-state index contributed by atoms with van der Waals surface area (Å²) in [6.45, 7) is 6.59. The number of rotatable bonds is 1. The fraction of sp³-hybridized carbons (Fsp3) is 0.273. The van der Waals surface area contributed by atoms with Crippen molar-refractivity contribution in [2.24, 2.45) is 0 Å². The van der Waals surface area contributed by atoms with Crippen LogP contribution in [0, 0.1) is 6.92 Å². The van der Waals surface area contributed by atoms with Gasteiger partial charge in [0, 0.05) is 0 Å². The lowest BCUT2D eigenvalue weighted by Gasteiger charge is -2.25. The van der Waals surface area contributed by atoms with Gasteiger partial charge >= 0.3 is 0 Å². The van der Waals surface area contributed by atoms with E-state index >= 15 is 0 Å². The maximum Gasteiger partial charge on any atom is 0.143 e. The standard InChI is InChI=1S/C11H13NO/c1-3-9-7-12-10-6-8(2)4-5-11(10)13-9/h3-6,9,12H,1,7H2,2H3. The molecule has 0 spiro atoms. The third-order valence-electron chi connectivity index (χ3n) is 2.17. The van der Waals surface area contributed by atoms with Gasteiger partial charge in [0.2, 0.25) is 0 Å². The number of benzene rings is 1. The second kappa shape index (κ2) is 3.13. The molecule has 1 aromatic rings. The Bertz CT molecular complexity index is 333. The van der Waals surface area contributed by atoms with Crippen molar-refractivity contribution in [3.63, 3.8) is 0 Å². The molecule has 1 unspecified atom stereocenters. The maximum absolute atomic E-state index is 5.66. The lowest BCUT2D eigenvalue weighted by molar-refractivity contribution is 0.253. The lowest BCUT2D eigenvalue weighted by atomic mass is 10.1. The molecular formula is C11H13NO. The Balaban J connectivity index is 2.31. The smallest absolute Gasteiger partial charge is 0.143 e. The highest BCUT2D eigenvalue weighted by molar-refractivity contribution is 5.59. The van der Waals surface area contributed by atoms with Crippen LogP contribution in [0.15, 0.2) is 30.9 Å². The van der Waals surface area contributed by atoms with Crippen molar-refractivity contribution in [3.8, 4) is 5.75 Å². The summed E-state index contributed by atoms with van der Waals surface area (Å²) in [5, 5.41) is 3.31. The van der Waals surface area contributed by atoms with Gasteiger partial charge in [-0.2, -0.15) is 0 Å². The summed E-state index contributed by atoms with van der Waals surface area (Å²) < 4.78 is 5.66. The molecule has 1 N–H and O–H groups in total. The predicted octanol–water partition coefficient (Wildman–Crippen LogP) is 2.35. The molecule has 0 bridgehead atoms. The molecule has 1 heterocycles. The first-order valence-corrected chi connectivity index (χ1v) is 4.43. The monoisotopic (exact) mass is 175 g/mol. The van der Waals surface area contributed by atoms with Crippen molar-refractivity contribution in [1.29, 1.82) is 0 Å². The Kier molecular flexibility index (Phi) is 1.97. The number of aryl methyl sites for hydroxylation is 1. The molecule has 2 heteroatoms. The third-order valence-corrected chi connectivity index (χ3v) is 2.17. The summed E-state index contributed by atoms with van der Waals surface area (Å²) in [6, 6.07) is 6.13. The normalized spacial score (nSPS) is 19.6. The molecule has 0 aromatic heterocycles. The van der Waals surface area contributed by atoms with Crippen LogP contribution in [-0.4, -0.2) is 12.6 Å². The highest BCUT2D eigenvalue weighted by Gasteiger charge is 2.15. The Hall–Kier alpha value is -1.44. The zero-order valence-electron chi connectivity index (χ0n) is 7.71. The molecule has 1 atom stereocenters. The Morgan fingerprint density at radius 1 is 1.62 bits per heavy atom. The molecule has 1 aliphatic heterocycles. The SMILES string of the molecule is C=CC1CNc2cc(C)ccc2O1. The highest BCUT2D eigenvalue weighted by atomic mass is 16.5. The van der Waals surface area contributed by atoms with Crippen molar-refractivity contribution in [1.82, 2.24) is 0 Å². The van der Waals surface area contributed by atoms with E-state index in [0.29, 0.717) is 0 Å². The second-order valence-corrected chi connectivity index (χ2v) is 3.27. The molecule has 68 valence electrons.